The van der Waals surface area contributed by atoms with Crippen LogP contribution in [-0.2, 0) is 11.2 Å². The van der Waals surface area contributed by atoms with Crippen molar-refractivity contribution in [3.63, 3.8) is 0 Å². The van der Waals surface area contributed by atoms with E-state index >= 15 is 0 Å². The van der Waals surface area contributed by atoms with E-state index in [9.17, 15) is 14.7 Å². The van der Waals surface area contributed by atoms with E-state index in [1.54, 1.807) is 0 Å². The Bertz CT molecular complexity index is 506. The summed E-state index contributed by atoms with van der Waals surface area (Å²) >= 11 is 0. The Kier molecular flexibility index (Phi) is 4.80. The summed E-state index contributed by atoms with van der Waals surface area (Å²) in [7, 11) is 0. The topological polar surface area (TPSA) is 89.9 Å². The summed E-state index contributed by atoms with van der Waals surface area (Å²) in [5, 5.41) is 21.4. The first-order chi connectivity index (χ1) is 9.97. The van der Waals surface area contributed by atoms with Crippen LogP contribution in [0.3, 0.4) is 0 Å². The third kappa shape index (κ3) is 3.95. The van der Waals surface area contributed by atoms with Crippen molar-refractivity contribution in [2.75, 3.05) is 6.54 Å². The molecule has 1 saturated heterocycles. The normalized spacial score (nSPS) is 22.9. The molecule has 1 aliphatic heterocycles. The minimum Gasteiger partial charge on any atom is -0.480 e. The van der Waals surface area contributed by atoms with E-state index < -0.39 is 24.1 Å². The lowest BCUT2D eigenvalue weighted by atomic mass is 10.1. The number of hydrogen-bond acceptors (Lipinski definition) is 3. The van der Waals surface area contributed by atoms with Crippen LogP contribution in [-0.4, -0.2) is 51.8 Å². The molecule has 1 aromatic rings. The summed E-state index contributed by atoms with van der Waals surface area (Å²) < 4.78 is 0. The first-order valence-corrected chi connectivity index (χ1v) is 6.99. The molecule has 1 aromatic carbocycles. The van der Waals surface area contributed by atoms with Crippen LogP contribution in [0.15, 0.2) is 30.3 Å². The Hall–Kier alpha value is -2.08. The second-order valence-corrected chi connectivity index (χ2v) is 5.44. The summed E-state index contributed by atoms with van der Waals surface area (Å²) in [4.78, 5) is 24.4. The predicted molar refractivity (Wildman–Crippen MR) is 76.9 cm³/mol. The van der Waals surface area contributed by atoms with Gasteiger partial charge in [-0.1, -0.05) is 30.3 Å². The first-order valence-electron chi connectivity index (χ1n) is 6.99. The largest absolute Gasteiger partial charge is 0.480 e. The molecule has 1 aliphatic rings. The van der Waals surface area contributed by atoms with Gasteiger partial charge >= 0.3 is 12.0 Å². The molecular formula is C15H20N2O4. The average Bonchev–Trinajstić information content (AvgIpc) is 2.82. The van der Waals surface area contributed by atoms with Crippen LogP contribution in [0.1, 0.15) is 18.9 Å². The highest BCUT2D eigenvalue weighted by molar-refractivity contribution is 5.83. The van der Waals surface area contributed by atoms with Gasteiger partial charge in [0.15, 0.2) is 0 Å². The number of amides is 2. The van der Waals surface area contributed by atoms with E-state index in [0.717, 1.165) is 5.56 Å². The molecule has 0 spiro atoms. The Morgan fingerprint density at radius 1 is 1.38 bits per heavy atom. The fourth-order valence-electron chi connectivity index (χ4n) is 2.58. The van der Waals surface area contributed by atoms with Crippen molar-refractivity contribution >= 4 is 12.0 Å². The molecular weight excluding hydrogens is 272 g/mol. The Labute approximate surface area is 123 Å². The molecule has 3 N–H and O–H groups in total. The molecule has 0 aromatic heterocycles. The molecule has 1 fully saturated rings. The van der Waals surface area contributed by atoms with Crippen LogP contribution < -0.4 is 5.32 Å². The van der Waals surface area contributed by atoms with Gasteiger partial charge in [-0.2, -0.15) is 0 Å². The maximum Gasteiger partial charge on any atom is 0.326 e. The SMILES string of the molecule is CC(Cc1ccccc1)NC(=O)N1CC(O)CC1C(=O)O. The van der Waals surface area contributed by atoms with Gasteiger partial charge in [-0.15, -0.1) is 0 Å². The Balaban J connectivity index is 1.92. The predicted octanol–water partition coefficient (Wildman–Crippen LogP) is 0.847. The van der Waals surface area contributed by atoms with E-state index in [1.807, 2.05) is 37.3 Å². The van der Waals surface area contributed by atoms with Crippen molar-refractivity contribution < 1.29 is 19.8 Å². The van der Waals surface area contributed by atoms with Gasteiger partial charge in [-0.3, -0.25) is 0 Å². The van der Waals surface area contributed by atoms with Gasteiger partial charge in [0.05, 0.1) is 6.10 Å². The summed E-state index contributed by atoms with van der Waals surface area (Å²) in [6, 6.07) is 8.22. The molecule has 2 amide bonds. The number of aliphatic hydroxyl groups excluding tert-OH is 1. The number of nitrogens with zero attached hydrogens (tertiary/aromatic N) is 1. The number of urea groups is 1. The number of carbonyl (C=O) groups excluding carboxylic acids is 1. The molecule has 6 heteroatoms. The fourth-order valence-corrected chi connectivity index (χ4v) is 2.58. The van der Waals surface area contributed by atoms with Crippen molar-refractivity contribution in [1.82, 2.24) is 10.2 Å². The van der Waals surface area contributed by atoms with Gasteiger partial charge in [0.25, 0.3) is 0 Å². The molecule has 0 aliphatic carbocycles. The zero-order chi connectivity index (χ0) is 15.4. The Morgan fingerprint density at radius 2 is 2.05 bits per heavy atom. The number of aliphatic hydroxyl groups is 1. The minimum absolute atomic E-state index is 0.0564. The zero-order valence-corrected chi connectivity index (χ0v) is 11.9. The Morgan fingerprint density at radius 3 is 2.67 bits per heavy atom. The maximum absolute atomic E-state index is 12.1. The maximum atomic E-state index is 12.1. The molecule has 21 heavy (non-hydrogen) atoms. The van der Waals surface area contributed by atoms with Crippen LogP contribution in [0.5, 0.6) is 0 Å². The van der Waals surface area contributed by atoms with E-state index in [0.29, 0.717) is 6.42 Å². The van der Waals surface area contributed by atoms with Crippen molar-refractivity contribution in [2.45, 2.75) is 38.0 Å². The van der Waals surface area contributed by atoms with Crippen molar-refractivity contribution in [2.24, 2.45) is 0 Å². The number of β-amino-alcohol motifs (C(OH)–C–C–N with tert-alkyl or cyclic N) is 1. The molecule has 1 heterocycles. The van der Waals surface area contributed by atoms with Gasteiger partial charge in [0.1, 0.15) is 6.04 Å². The number of likely N-dealkylation sites (tertiary alicyclic amines) is 1. The highest BCUT2D eigenvalue weighted by atomic mass is 16.4. The second-order valence-electron chi connectivity index (χ2n) is 5.44. The second kappa shape index (κ2) is 6.58. The van der Waals surface area contributed by atoms with Crippen LogP contribution in [0.2, 0.25) is 0 Å². The number of aliphatic carboxylic acids is 1. The number of hydrogen-bond donors (Lipinski definition) is 3. The minimum atomic E-state index is -1.09. The molecule has 3 unspecified atom stereocenters. The monoisotopic (exact) mass is 292 g/mol. The van der Waals surface area contributed by atoms with Gasteiger partial charge in [-0.25, -0.2) is 9.59 Å². The molecule has 114 valence electrons. The molecule has 6 nitrogen and oxygen atoms in total. The van der Waals surface area contributed by atoms with E-state index in [-0.39, 0.29) is 19.0 Å². The first kappa shape index (κ1) is 15.3. The number of rotatable bonds is 4. The van der Waals surface area contributed by atoms with Crippen molar-refractivity contribution in [1.29, 1.82) is 0 Å². The molecule has 0 radical (unpaired) electrons. The van der Waals surface area contributed by atoms with Gasteiger partial charge in [0, 0.05) is 19.0 Å². The molecule has 2 rings (SSSR count). The van der Waals surface area contributed by atoms with E-state index in [1.165, 1.54) is 4.90 Å². The van der Waals surface area contributed by atoms with Gasteiger partial charge < -0.3 is 20.4 Å². The number of carboxylic acid groups (broad SMARTS) is 1. The molecule has 3 atom stereocenters. The molecule has 0 saturated carbocycles. The summed E-state index contributed by atoms with van der Waals surface area (Å²) in [6.45, 7) is 1.92. The van der Waals surface area contributed by atoms with Crippen LogP contribution in [0, 0.1) is 0 Å². The summed E-state index contributed by atoms with van der Waals surface area (Å²) in [5.41, 5.74) is 1.10. The number of carbonyl (C=O) groups is 2. The number of carboxylic acids is 1. The van der Waals surface area contributed by atoms with Crippen molar-refractivity contribution in [3.8, 4) is 0 Å². The average molecular weight is 292 g/mol. The quantitative estimate of drug-likeness (QED) is 0.767. The van der Waals surface area contributed by atoms with Crippen LogP contribution in [0.4, 0.5) is 4.79 Å². The lowest BCUT2D eigenvalue weighted by molar-refractivity contribution is -0.141. The standard InChI is InChI=1S/C15H20N2O4/c1-10(7-11-5-3-2-4-6-11)16-15(21)17-9-12(18)8-13(17)14(19)20/h2-6,10,12-13,18H,7-9H2,1H3,(H,16,21)(H,19,20). The summed E-state index contributed by atoms with van der Waals surface area (Å²) in [6.07, 6.45) is -0.0300. The van der Waals surface area contributed by atoms with Gasteiger partial charge in [-0.05, 0) is 18.9 Å². The lowest BCUT2D eigenvalue weighted by Gasteiger charge is -2.24. The zero-order valence-electron chi connectivity index (χ0n) is 11.9. The molecule has 0 bridgehead atoms. The third-order valence-electron chi connectivity index (χ3n) is 3.58. The van der Waals surface area contributed by atoms with Crippen LogP contribution in [0.25, 0.3) is 0 Å². The third-order valence-corrected chi connectivity index (χ3v) is 3.58. The van der Waals surface area contributed by atoms with Crippen LogP contribution >= 0.6 is 0 Å². The number of nitrogens with one attached hydrogen (secondary N) is 1. The smallest absolute Gasteiger partial charge is 0.326 e. The lowest BCUT2D eigenvalue weighted by Crippen LogP contribution is -2.49. The fraction of sp³-hybridized carbons (Fsp3) is 0.467. The highest BCUT2D eigenvalue weighted by Gasteiger charge is 2.39. The van der Waals surface area contributed by atoms with E-state index in [2.05, 4.69) is 5.32 Å². The van der Waals surface area contributed by atoms with Crippen molar-refractivity contribution in [3.05, 3.63) is 35.9 Å². The highest BCUT2D eigenvalue weighted by Crippen LogP contribution is 2.18. The number of benzene rings is 1. The van der Waals surface area contributed by atoms with E-state index in [4.69, 9.17) is 5.11 Å². The summed E-state index contributed by atoms with van der Waals surface area (Å²) in [5.74, 6) is -1.09. The van der Waals surface area contributed by atoms with Gasteiger partial charge in [0.2, 0.25) is 0 Å².